The Labute approximate surface area is 167 Å². The first-order valence-electron chi connectivity index (χ1n) is 8.73. The zero-order chi connectivity index (χ0) is 19.2. The molecule has 0 bridgehead atoms. The van der Waals surface area contributed by atoms with Gasteiger partial charge < -0.3 is 24.3 Å². The van der Waals surface area contributed by atoms with Crippen molar-refractivity contribution < 1.29 is 13.9 Å². The van der Waals surface area contributed by atoms with Crippen molar-refractivity contribution in [3.63, 3.8) is 0 Å². The molecule has 3 rings (SSSR count). The number of rotatable bonds is 4. The van der Waals surface area contributed by atoms with E-state index in [0.717, 1.165) is 21.7 Å². The molecule has 1 aliphatic rings. The van der Waals surface area contributed by atoms with Crippen LogP contribution in [-0.4, -0.2) is 62.0 Å². The number of nitrogens with one attached hydrogen (secondary N) is 1. The fourth-order valence-corrected chi connectivity index (χ4v) is 3.48. The number of furan rings is 1. The lowest BCUT2D eigenvalue weighted by molar-refractivity contribution is 0.0657. The van der Waals surface area contributed by atoms with Crippen molar-refractivity contribution in [3.05, 3.63) is 52.4 Å². The fourth-order valence-electron chi connectivity index (χ4n) is 3.07. The summed E-state index contributed by atoms with van der Waals surface area (Å²) in [7, 11) is 3.43. The topological polar surface area (TPSA) is 70.3 Å². The predicted octanol–water partition coefficient (Wildman–Crippen LogP) is 2.58. The second-order valence-corrected chi connectivity index (χ2v) is 7.03. The van der Waals surface area contributed by atoms with E-state index in [9.17, 15) is 4.79 Å². The fraction of sp³-hybridized carbons (Fsp3) is 0.368. The number of methoxy groups -OCH3 is 1. The Hall–Kier alpha value is -2.48. The minimum Gasteiger partial charge on any atom is -0.496 e. The number of nitrogens with zero attached hydrogens (tertiary/aromatic N) is 3. The maximum absolute atomic E-state index is 12.4. The normalized spacial score (nSPS) is 15.0. The Morgan fingerprint density at radius 2 is 2.00 bits per heavy atom. The van der Waals surface area contributed by atoms with Gasteiger partial charge in [-0.15, -0.1) is 0 Å². The van der Waals surface area contributed by atoms with Crippen molar-refractivity contribution in [2.24, 2.45) is 4.99 Å². The Morgan fingerprint density at radius 1 is 1.26 bits per heavy atom. The van der Waals surface area contributed by atoms with Crippen molar-refractivity contribution in [1.82, 2.24) is 15.1 Å². The molecule has 1 aromatic carbocycles. The van der Waals surface area contributed by atoms with Gasteiger partial charge in [-0.1, -0.05) is 15.9 Å². The van der Waals surface area contributed by atoms with Crippen molar-refractivity contribution in [2.45, 2.75) is 6.54 Å². The van der Waals surface area contributed by atoms with Gasteiger partial charge in [0.05, 0.1) is 13.4 Å². The summed E-state index contributed by atoms with van der Waals surface area (Å²) in [6.45, 7) is 3.27. The van der Waals surface area contributed by atoms with Gasteiger partial charge in [0.15, 0.2) is 11.7 Å². The minimum atomic E-state index is -0.0681. The molecule has 1 aliphatic heterocycles. The average Bonchev–Trinajstić information content (AvgIpc) is 3.23. The highest BCUT2D eigenvalue weighted by Crippen LogP contribution is 2.22. The highest BCUT2D eigenvalue weighted by molar-refractivity contribution is 9.10. The minimum absolute atomic E-state index is 0.0681. The average molecular weight is 435 g/mol. The van der Waals surface area contributed by atoms with Crippen LogP contribution < -0.4 is 10.1 Å². The van der Waals surface area contributed by atoms with Crippen LogP contribution in [-0.2, 0) is 6.54 Å². The molecule has 0 radical (unpaired) electrons. The quantitative estimate of drug-likeness (QED) is 0.591. The summed E-state index contributed by atoms with van der Waals surface area (Å²) < 4.78 is 11.6. The van der Waals surface area contributed by atoms with E-state index in [1.807, 2.05) is 18.2 Å². The van der Waals surface area contributed by atoms with E-state index in [2.05, 4.69) is 31.1 Å². The summed E-state index contributed by atoms with van der Waals surface area (Å²) >= 11 is 3.49. The summed E-state index contributed by atoms with van der Waals surface area (Å²) in [5.74, 6) is 1.95. The van der Waals surface area contributed by atoms with Crippen LogP contribution in [0.5, 0.6) is 5.75 Å². The molecule has 0 spiro atoms. The molecule has 1 aromatic heterocycles. The van der Waals surface area contributed by atoms with Crippen LogP contribution in [0.3, 0.4) is 0 Å². The summed E-state index contributed by atoms with van der Waals surface area (Å²) in [4.78, 5) is 20.7. The summed E-state index contributed by atoms with van der Waals surface area (Å²) in [6.07, 6.45) is 1.52. The van der Waals surface area contributed by atoms with Crippen molar-refractivity contribution in [2.75, 3.05) is 40.3 Å². The number of hydrogen-bond donors (Lipinski definition) is 1. The molecule has 1 amide bonds. The van der Waals surface area contributed by atoms with E-state index < -0.39 is 0 Å². The number of halogens is 1. The molecule has 0 saturated carbocycles. The molecule has 2 aromatic rings. The van der Waals surface area contributed by atoms with Crippen LogP contribution in [0.4, 0.5) is 0 Å². The highest BCUT2D eigenvalue weighted by atomic mass is 79.9. The second-order valence-electron chi connectivity index (χ2n) is 6.11. The van der Waals surface area contributed by atoms with E-state index in [0.29, 0.717) is 38.5 Å². The molecular weight excluding hydrogens is 412 g/mol. The number of ether oxygens (including phenoxy) is 1. The second kappa shape index (κ2) is 8.94. The van der Waals surface area contributed by atoms with Gasteiger partial charge in [0.25, 0.3) is 5.91 Å². The van der Waals surface area contributed by atoms with Crippen LogP contribution in [0.25, 0.3) is 0 Å². The molecule has 7 nitrogen and oxygen atoms in total. The third-order valence-corrected chi connectivity index (χ3v) is 4.98. The van der Waals surface area contributed by atoms with Crippen LogP contribution in [0, 0.1) is 0 Å². The van der Waals surface area contributed by atoms with E-state index >= 15 is 0 Å². The smallest absolute Gasteiger partial charge is 0.289 e. The van der Waals surface area contributed by atoms with Gasteiger partial charge in [0.1, 0.15) is 5.75 Å². The first kappa shape index (κ1) is 19.3. The molecule has 8 heteroatoms. The molecule has 144 valence electrons. The zero-order valence-corrected chi connectivity index (χ0v) is 17.0. The molecule has 0 atom stereocenters. The van der Waals surface area contributed by atoms with E-state index in [4.69, 9.17) is 9.15 Å². The van der Waals surface area contributed by atoms with Gasteiger partial charge in [0.2, 0.25) is 0 Å². The number of guanidine groups is 1. The first-order valence-corrected chi connectivity index (χ1v) is 9.52. The maximum atomic E-state index is 12.4. The Kier molecular flexibility index (Phi) is 6.39. The third kappa shape index (κ3) is 4.63. The largest absolute Gasteiger partial charge is 0.496 e. The van der Waals surface area contributed by atoms with Gasteiger partial charge in [-0.3, -0.25) is 9.79 Å². The molecular formula is C19H23BrN4O3. The predicted molar refractivity (Wildman–Crippen MR) is 107 cm³/mol. The summed E-state index contributed by atoms with van der Waals surface area (Å²) in [5.41, 5.74) is 1.04. The van der Waals surface area contributed by atoms with Crippen molar-refractivity contribution in [3.8, 4) is 5.75 Å². The van der Waals surface area contributed by atoms with E-state index in [-0.39, 0.29) is 5.91 Å². The maximum Gasteiger partial charge on any atom is 0.289 e. The Balaban J connectivity index is 1.57. The lowest BCUT2D eigenvalue weighted by Crippen LogP contribution is -2.53. The molecule has 1 fully saturated rings. The zero-order valence-electron chi connectivity index (χ0n) is 15.4. The lowest BCUT2D eigenvalue weighted by atomic mass is 10.2. The van der Waals surface area contributed by atoms with Crippen molar-refractivity contribution in [1.29, 1.82) is 0 Å². The van der Waals surface area contributed by atoms with Gasteiger partial charge in [-0.05, 0) is 30.3 Å². The highest BCUT2D eigenvalue weighted by Gasteiger charge is 2.25. The molecule has 27 heavy (non-hydrogen) atoms. The molecule has 0 unspecified atom stereocenters. The van der Waals surface area contributed by atoms with E-state index in [1.165, 1.54) is 6.26 Å². The number of benzene rings is 1. The van der Waals surface area contributed by atoms with Gasteiger partial charge in [-0.25, -0.2) is 0 Å². The lowest BCUT2D eigenvalue weighted by Gasteiger charge is -2.36. The summed E-state index contributed by atoms with van der Waals surface area (Å²) in [5, 5.41) is 3.38. The Morgan fingerprint density at radius 3 is 2.63 bits per heavy atom. The summed E-state index contributed by atoms with van der Waals surface area (Å²) in [6, 6.07) is 9.33. The molecule has 2 heterocycles. The molecule has 0 aliphatic carbocycles. The Bertz CT molecular complexity index is 799. The van der Waals surface area contributed by atoms with Crippen molar-refractivity contribution >= 4 is 27.8 Å². The van der Waals surface area contributed by atoms with Gasteiger partial charge >= 0.3 is 0 Å². The van der Waals surface area contributed by atoms with Crippen LogP contribution >= 0.6 is 15.9 Å². The van der Waals surface area contributed by atoms with Crippen LogP contribution in [0.1, 0.15) is 16.1 Å². The number of aliphatic imine (C=N–C) groups is 1. The van der Waals surface area contributed by atoms with Crippen LogP contribution in [0.15, 0.2) is 50.5 Å². The number of hydrogen-bond acceptors (Lipinski definition) is 4. The van der Waals surface area contributed by atoms with E-state index in [1.54, 1.807) is 31.2 Å². The number of carbonyl (C=O) groups excluding carboxylic acids is 1. The third-order valence-electron chi connectivity index (χ3n) is 4.49. The van der Waals surface area contributed by atoms with Gasteiger partial charge in [0, 0.05) is 49.8 Å². The first-order chi connectivity index (χ1) is 13.1. The molecule has 1 N–H and O–H groups in total. The molecule has 1 saturated heterocycles. The monoisotopic (exact) mass is 434 g/mol. The standard InChI is InChI=1S/C19H23BrN4O3/c1-21-19(22-13-14-12-15(20)5-6-16(14)26-2)24-9-7-23(8-10-24)18(25)17-4-3-11-27-17/h3-6,11-12H,7-10,13H2,1-2H3,(H,21,22). The SMILES string of the molecule is CN=C(NCc1cc(Br)ccc1OC)N1CCN(C(=O)c2ccco2)CC1. The number of amides is 1. The van der Waals surface area contributed by atoms with Gasteiger partial charge in [-0.2, -0.15) is 0 Å². The number of piperazine rings is 1. The van der Waals surface area contributed by atoms with Crippen LogP contribution in [0.2, 0.25) is 0 Å². The number of carbonyl (C=O) groups is 1.